The van der Waals surface area contributed by atoms with Crippen molar-refractivity contribution in [2.45, 2.75) is 6.61 Å². The molecule has 5 nitrogen and oxygen atoms in total. The molecule has 148 valence electrons. The molecule has 3 aromatic carbocycles. The van der Waals surface area contributed by atoms with Gasteiger partial charge in [0.2, 0.25) is 0 Å². The number of carbonyl (C=O) groups excluding carboxylic acids is 2. The monoisotopic (exact) mass is 413 g/mol. The Morgan fingerprint density at radius 2 is 1.69 bits per heavy atom. The Kier molecular flexibility index (Phi) is 6.81. The topological polar surface area (TPSA) is 64.6 Å². The molecule has 3 aromatic rings. The van der Waals surface area contributed by atoms with Gasteiger partial charge in [0.25, 0.3) is 5.91 Å². The first kappa shape index (κ1) is 20.4. The highest BCUT2D eigenvalue weighted by atomic mass is 35.5. The number of para-hydroxylation sites is 1. The Bertz CT molecular complexity index is 1010. The Labute approximate surface area is 172 Å². The van der Waals surface area contributed by atoms with E-state index < -0.39 is 24.3 Å². The Hall–Kier alpha value is -3.38. The van der Waals surface area contributed by atoms with Crippen LogP contribution >= 0.6 is 11.6 Å². The molecule has 0 aliphatic rings. The summed E-state index contributed by atoms with van der Waals surface area (Å²) < 4.78 is 23.9. The lowest BCUT2D eigenvalue weighted by Crippen LogP contribution is -2.21. The second-order valence-electron chi connectivity index (χ2n) is 6.01. The zero-order chi connectivity index (χ0) is 20.6. The molecule has 0 fully saturated rings. The number of amides is 1. The third-order valence-corrected chi connectivity index (χ3v) is 4.20. The van der Waals surface area contributed by atoms with Crippen molar-refractivity contribution in [3.05, 3.63) is 94.8 Å². The fourth-order valence-electron chi connectivity index (χ4n) is 2.50. The maximum Gasteiger partial charge on any atom is 0.339 e. The highest BCUT2D eigenvalue weighted by Gasteiger charge is 2.15. The van der Waals surface area contributed by atoms with E-state index in [0.717, 1.165) is 6.07 Å². The summed E-state index contributed by atoms with van der Waals surface area (Å²) in [5.74, 6) is -1.14. The quantitative estimate of drug-likeness (QED) is 0.562. The number of halogens is 2. The average molecular weight is 414 g/mol. The summed E-state index contributed by atoms with van der Waals surface area (Å²) in [5, 5.41) is 2.37. The molecule has 1 N–H and O–H groups in total. The van der Waals surface area contributed by atoms with Gasteiger partial charge in [0, 0.05) is 11.3 Å². The van der Waals surface area contributed by atoms with Crippen LogP contribution in [-0.2, 0) is 16.1 Å². The molecule has 0 heterocycles. The van der Waals surface area contributed by atoms with Gasteiger partial charge in [0.1, 0.15) is 18.2 Å². The molecule has 0 unspecified atom stereocenters. The molecule has 3 rings (SSSR count). The lowest BCUT2D eigenvalue weighted by molar-refractivity contribution is -0.119. The van der Waals surface area contributed by atoms with E-state index in [1.807, 2.05) is 30.3 Å². The van der Waals surface area contributed by atoms with Crippen molar-refractivity contribution in [3.8, 4) is 5.75 Å². The van der Waals surface area contributed by atoms with Gasteiger partial charge in [-0.3, -0.25) is 4.79 Å². The molecule has 0 aliphatic carbocycles. The van der Waals surface area contributed by atoms with Gasteiger partial charge in [-0.1, -0.05) is 48.0 Å². The van der Waals surface area contributed by atoms with E-state index in [2.05, 4.69) is 5.32 Å². The van der Waals surface area contributed by atoms with Crippen LogP contribution in [0.2, 0.25) is 5.02 Å². The van der Waals surface area contributed by atoms with Gasteiger partial charge in [-0.05, 0) is 36.4 Å². The minimum atomic E-state index is -0.649. The van der Waals surface area contributed by atoms with Crippen molar-refractivity contribution in [2.24, 2.45) is 0 Å². The van der Waals surface area contributed by atoms with Gasteiger partial charge in [-0.25, -0.2) is 9.18 Å². The lowest BCUT2D eigenvalue weighted by Gasteiger charge is -2.11. The van der Waals surface area contributed by atoms with Gasteiger partial charge >= 0.3 is 5.97 Å². The van der Waals surface area contributed by atoms with E-state index in [4.69, 9.17) is 21.1 Å². The van der Waals surface area contributed by atoms with Crippen LogP contribution in [0.15, 0.2) is 72.8 Å². The maximum atomic E-state index is 13.2. The number of hydrogen-bond acceptors (Lipinski definition) is 4. The standard InChI is InChI=1S/C22H17ClFNO4/c23-19-12-16(10-11-20(19)24)25-21(26)14-29-22(27)18-9-5-4-6-15(18)13-28-17-7-2-1-3-8-17/h1-12H,13-14H2,(H,25,26). The molecule has 0 spiro atoms. The van der Waals surface area contributed by atoms with E-state index in [9.17, 15) is 14.0 Å². The number of esters is 1. The van der Waals surface area contributed by atoms with E-state index >= 15 is 0 Å². The van der Waals surface area contributed by atoms with E-state index in [0.29, 0.717) is 22.6 Å². The van der Waals surface area contributed by atoms with Crippen molar-refractivity contribution in [1.82, 2.24) is 0 Å². The summed E-state index contributed by atoms with van der Waals surface area (Å²) in [6, 6.07) is 19.8. The van der Waals surface area contributed by atoms with Crippen LogP contribution in [0.4, 0.5) is 10.1 Å². The summed E-state index contributed by atoms with van der Waals surface area (Å²) in [6.45, 7) is -0.322. The van der Waals surface area contributed by atoms with Crippen LogP contribution in [0.5, 0.6) is 5.75 Å². The van der Waals surface area contributed by atoms with Gasteiger partial charge in [0.15, 0.2) is 6.61 Å². The van der Waals surface area contributed by atoms with E-state index in [1.54, 1.807) is 24.3 Å². The van der Waals surface area contributed by atoms with Gasteiger partial charge in [-0.15, -0.1) is 0 Å². The summed E-state index contributed by atoms with van der Waals surface area (Å²) >= 11 is 5.67. The van der Waals surface area contributed by atoms with Crippen molar-refractivity contribution < 1.29 is 23.5 Å². The first-order valence-electron chi connectivity index (χ1n) is 8.70. The molecular weight excluding hydrogens is 397 g/mol. The Morgan fingerprint density at radius 1 is 0.966 bits per heavy atom. The minimum Gasteiger partial charge on any atom is -0.489 e. The summed E-state index contributed by atoms with van der Waals surface area (Å²) in [4.78, 5) is 24.4. The average Bonchev–Trinajstić information content (AvgIpc) is 2.74. The fourth-order valence-corrected chi connectivity index (χ4v) is 2.68. The molecule has 0 saturated carbocycles. The predicted octanol–water partition coefficient (Wildman–Crippen LogP) is 4.85. The molecule has 7 heteroatoms. The van der Waals surface area contributed by atoms with Crippen LogP contribution in [0.1, 0.15) is 15.9 Å². The number of anilines is 1. The van der Waals surface area contributed by atoms with Gasteiger partial charge < -0.3 is 14.8 Å². The highest BCUT2D eigenvalue weighted by Crippen LogP contribution is 2.19. The normalized spacial score (nSPS) is 10.3. The van der Waals surface area contributed by atoms with Crippen molar-refractivity contribution in [3.63, 3.8) is 0 Å². The number of nitrogens with one attached hydrogen (secondary N) is 1. The molecule has 1 amide bonds. The zero-order valence-electron chi connectivity index (χ0n) is 15.2. The molecular formula is C22H17ClFNO4. The van der Waals surface area contributed by atoms with E-state index in [-0.39, 0.29) is 11.6 Å². The molecule has 0 saturated heterocycles. The van der Waals surface area contributed by atoms with Crippen molar-refractivity contribution in [2.75, 3.05) is 11.9 Å². The molecule has 0 radical (unpaired) electrons. The predicted molar refractivity (Wildman–Crippen MR) is 108 cm³/mol. The Morgan fingerprint density at radius 3 is 2.45 bits per heavy atom. The second-order valence-corrected chi connectivity index (χ2v) is 6.42. The van der Waals surface area contributed by atoms with Gasteiger partial charge in [-0.2, -0.15) is 0 Å². The molecule has 0 aliphatic heterocycles. The number of rotatable bonds is 7. The third-order valence-electron chi connectivity index (χ3n) is 3.91. The van der Waals surface area contributed by atoms with Crippen molar-refractivity contribution in [1.29, 1.82) is 0 Å². The zero-order valence-corrected chi connectivity index (χ0v) is 16.0. The van der Waals surface area contributed by atoms with Crippen LogP contribution < -0.4 is 10.1 Å². The number of ether oxygens (including phenoxy) is 2. The van der Waals surface area contributed by atoms with Crippen LogP contribution in [0.3, 0.4) is 0 Å². The Balaban J connectivity index is 1.57. The molecule has 29 heavy (non-hydrogen) atoms. The molecule has 0 atom stereocenters. The van der Waals surface area contributed by atoms with Gasteiger partial charge in [0.05, 0.1) is 10.6 Å². The largest absolute Gasteiger partial charge is 0.489 e. The summed E-state index contributed by atoms with van der Waals surface area (Å²) in [5.41, 5.74) is 1.24. The summed E-state index contributed by atoms with van der Waals surface area (Å²) in [7, 11) is 0. The number of carbonyl (C=O) groups is 2. The van der Waals surface area contributed by atoms with Crippen LogP contribution in [0, 0.1) is 5.82 Å². The van der Waals surface area contributed by atoms with E-state index in [1.165, 1.54) is 12.1 Å². The number of benzene rings is 3. The first-order chi connectivity index (χ1) is 14.0. The fraction of sp³-hybridized carbons (Fsp3) is 0.0909. The summed E-state index contributed by atoms with van der Waals surface area (Å²) in [6.07, 6.45) is 0. The second kappa shape index (κ2) is 9.71. The van der Waals surface area contributed by atoms with Crippen molar-refractivity contribution >= 4 is 29.2 Å². The molecule has 0 bridgehead atoms. The smallest absolute Gasteiger partial charge is 0.339 e. The third kappa shape index (κ3) is 5.80. The minimum absolute atomic E-state index is 0.118. The van der Waals surface area contributed by atoms with Crippen LogP contribution in [-0.4, -0.2) is 18.5 Å². The SMILES string of the molecule is O=C(COC(=O)c1ccccc1COc1ccccc1)Nc1ccc(F)c(Cl)c1. The highest BCUT2D eigenvalue weighted by molar-refractivity contribution is 6.31. The molecule has 0 aromatic heterocycles. The first-order valence-corrected chi connectivity index (χ1v) is 9.08. The number of hydrogen-bond donors (Lipinski definition) is 1. The van der Waals surface area contributed by atoms with Crippen LogP contribution in [0.25, 0.3) is 0 Å². The lowest BCUT2D eigenvalue weighted by atomic mass is 10.1. The maximum absolute atomic E-state index is 13.2.